The van der Waals surface area contributed by atoms with Crippen LogP contribution in [0.5, 0.6) is 0 Å². The molecular weight excluding hydrogens is 336 g/mol. The van der Waals surface area contributed by atoms with Crippen LogP contribution in [0.15, 0.2) is 48.8 Å². The zero-order valence-corrected chi connectivity index (χ0v) is 14.7. The van der Waals surface area contributed by atoms with Crippen molar-refractivity contribution < 1.29 is 8.78 Å². The third kappa shape index (κ3) is 4.30. The molecule has 3 rings (SSSR count). The summed E-state index contributed by atoms with van der Waals surface area (Å²) in [6.07, 6.45) is 3.32. The smallest absolute Gasteiger partial charge is 0.225 e. The first-order chi connectivity index (χ1) is 12.3. The minimum atomic E-state index is -0.957. The monoisotopic (exact) mass is 355 g/mol. The van der Waals surface area contributed by atoms with Crippen LogP contribution in [0.2, 0.25) is 0 Å². The molecule has 0 aliphatic heterocycles. The Bertz CT molecular complexity index is 908. The highest BCUT2D eigenvalue weighted by Gasteiger charge is 2.15. The van der Waals surface area contributed by atoms with E-state index >= 15 is 0 Å². The minimum Gasteiger partial charge on any atom is -0.350 e. The Balaban J connectivity index is 2.03. The molecule has 2 aromatic heterocycles. The summed E-state index contributed by atoms with van der Waals surface area (Å²) < 4.78 is 27.4. The van der Waals surface area contributed by atoms with Gasteiger partial charge in [-0.1, -0.05) is 6.07 Å². The fraction of sp³-hybridized carbons (Fsp3) is 0.211. The van der Waals surface area contributed by atoms with E-state index in [1.165, 1.54) is 12.1 Å². The van der Waals surface area contributed by atoms with Crippen LogP contribution in [0.3, 0.4) is 0 Å². The van der Waals surface area contributed by atoms with Gasteiger partial charge in [-0.2, -0.15) is 4.98 Å². The van der Waals surface area contributed by atoms with E-state index in [-0.39, 0.29) is 11.2 Å². The molecule has 5 nitrogen and oxygen atoms in total. The molecule has 1 aromatic carbocycles. The number of pyridine rings is 1. The molecule has 3 aromatic rings. The molecule has 0 saturated carbocycles. The Morgan fingerprint density at radius 3 is 2.38 bits per heavy atom. The zero-order valence-electron chi connectivity index (χ0n) is 14.7. The molecule has 134 valence electrons. The SMILES string of the molecule is CC(C)(C)Nc1nc(Nc2cccc(F)c2F)cc(-c2ccncc2)n1. The normalized spacial score (nSPS) is 11.3. The fourth-order valence-electron chi connectivity index (χ4n) is 2.31. The van der Waals surface area contributed by atoms with Crippen molar-refractivity contribution in [3.05, 3.63) is 60.4 Å². The van der Waals surface area contributed by atoms with Gasteiger partial charge in [0.15, 0.2) is 11.6 Å². The van der Waals surface area contributed by atoms with Crippen molar-refractivity contribution in [3.63, 3.8) is 0 Å². The maximum Gasteiger partial charge on any atom is 0.225 e. The summed E-state index contributed by atoms with van der Waals surface area (Å²) in [5.74, 6) is -1.15. The van der Waals surface area contributed by atoms with Gasteiger partial charge in [0.25, 0.3) is 0 Å². The lowest BCUT2D eigenvalue weighted by atomic mass is 10.1. The molecule has 0 fully saturated rings. The highest BCUT2D eigenvalue weighted by molar-refractivity contribution is 5.67. The van der Waals surface area contributed by atoms with Crippen LogP contribution < -0.4 is 10.6 Å². The first kappa shape index (κ1) is 17.7. The third-order valence-electron chi connectivity index (χ3n) is 3.40. The average molecular weight is 355 g/mol. The van der Waals surface area contributed by atoms with E-state index in [1.807, 2.05) is 32.9 Å². The highest BCUT2D eigenvalue weighted by atomic mass is 19.2. The molecule has 0 bridgehead atoms. The first-order valence-electron chi connectivity index (χ1n) is 8.10. The molecule has 0 spiro atoms. The lowest BCUT2D eigenvalue weighted by molar-refractivity contribution is 0.511. The average Bonchev–Trinajstić information content (AvgIpc) is 2.58. The minimum absolute atomic E-state index is 0.00564. The van der Waals surface area contributed by atoms with Gasteiger partial charge in [-0.15, -0.1) is 0 Å². The van der Waals surface area contributed by atoms with E-state index in [2.05, 4.69) is 25.6 Å². The molecule has 0 saturated heterocycles. The van der Waals surface area contributed by atoms with E-state index in [0.29, 0.717) is 17.5 Å². The Kier molecular flexibility index (Phi) is 4.79. The van der Waals surface area contributed by atoms with Crippen molar-refractivity contribution in [2.75, 3.05) is 10.6 Å². The van der Waals surface area contributed by atoms with Crippen LogP contribution >= 0.6 is 0 Å². The standard InChI is InChI=1S/C19H19F2N5/c1-19(2,3)26-18-24-15(12-7-9-22-10-8-12)11-16(25-18)23-14-6-4-5-13(20)17(14)21/h4-11H,1-3H3,(H2,23,24,25,26). The van der Waals surface area contributed by atoms with Crippen molar-refractivity contribution in [1.82, 2.24) is 15.0 Å². The number of aromatic nitrogens is 3. The second-order valence-corrected chi connectivity index (χ2v) is 6.80. The van der Waals surface area contributed by atoms with Gasteiger partial charge in [0.1, 0.15) is 5.82 Å². The summed E-state index contributed by atoms with van der Waals surface area (Å²) in [7, 11) is 0. The second-order valence-electron chi connectivity index (χ2n) is 6.80. The maximum atomic E-state index is 14.0. The third-order valence-corrected chi connectivity index (χ3v) is 3.40. The van der Waals surface area contributed by atoms with Crippen molar-refractivity contribution in [1.29, 1.82) is 0 Å². The predicted octanol–water partition coefficient (Wildman–Crippen LogP) is 4.77. The molecule has 0 aliphatic carbocycles. The zero-order chi connectivity index (χ0) is 18.7. The van der Waals surface area contributed by atoms with E-state index in [9.17, 15) is 8.78 Å². The number of hydrogen-bond acceptors (Lipinski definition) is 5. The molecule has 7 heteroatoms. The molecular formula is C19H19F2N5. The molecule has 26 heavy (non-hydrogen) atoms. The maximum absolute atomic E-state index is 14.0. The lowest BCUT2D eigenvalue weighted by Crippen LogP contribution is -2.27. The summed E-state index contributed by atoms with van der Waals surface area (Å²) in [5, 5.41) is 6.03. The number of halogens is 2. The summed E-state index contributed by atoms with van der Waals surface area (Å²) in [5.41, 5.74) is 1.21. The second kappa shape index (κ2) is 7.03. The van der Waals surface area contributed by atoms with E-state index in [1.54, 1.807) is 18.5 Å². The topological polar surface area (TPSA) is 62.7 Å². The summed E-state index contributed by atoms with van der Waals surface area (Å²) in [6, 6.07) is 9.25. The van der Waals surface area contributed by atoms with Gasteiger partial charge in [0.2, 0.25) is 5.95 Å². The number of hydrogen-bond donors (Lipinski definition) is 2. The van der Waals surface area contributed by atoms with Gasteiger partial charge in [-0.05, 0) is 45.0 Å². The number of nitrogens with one attached hydrogen (secondary N) is 2. The quantitative estimate of drug-likeness (QED) is 0.706. The van der Waals surface area contributed by atoms with Crippen molar-refractivity contribution >= 4 is 17.5 Å². The van der Waals surface area contributed by atoms with Crippen LogP contribution in [0.25, 0.3) is 11.3 Å². The molecule has 0 atom stereocenters. The Morgan fingerprint density at radius 2 is 1.69 bits per heavy atom. The predicted molar refractivity (Wildman–Crippen MR) is 98.3 cm³/mol. The van der Waals surface area contributed by atoms with E-state index in [0.717, 1.165) is 11.6 Å². The van der Waals surface area contributed by atoms with Crippen LogP contribution in [-0.2, 0) is 0 Å². The van der Waals surface area contributed by atoms with E-state index < -0.39 is 11.6 Å². The molecule has 0 amide bonds. The van der Waals surface area contributed by atoms with Gasteiger partial charge in [-0.25, -0.2) is 13.8 Å². The molecule has 0 radical (unpaired) electrons. The van der Waals surface area contributed by atoms with Crippen LogP contribution in [0.1, 0.15) is 20.8 Å². The van der Waals surface area contributed by atoms with Crippen molar-refractivity contribution in [2.45, 2.75) is 26.3 Å². The van der Waals surface area contributed by atoms with Gasteiger partial charge in [0, 0.05) is 29.6 Å². The first-order valence-corrected chi connectivity index (χ1v) is 8.10. The van der Waals surface area contributed by atoms with Crippen molar-refractivity contribution in [3.8, 4) is 11.3 Å². The fourth-order valence-corrected chi connectivity index (χ4v) is 2.31. The number of anilines is 3. The van der Waals surface area contributed by atoms with Gasteiger partial charge >= 0.3 is 0 Å². The van der Waals surface area contributed by atoms with E-state index in [4.69, 9.17) is 0 Å². The van der Waals surface area contributed by atoms with Crippen LogP contribution in [-0.4, -0.2) is 20.5 Å². The van der Waals surface area contributed by atoms with Gasteiger partial charge in [-0.3, -0.25) is 4.98 Å². The largest absolute Gasteiger partial charge is 0.350 e. The lowest BCUT2D eigenvalue weighted by Gasteiger charge is -2.21. The van der Waals surface area contributed by atoms with Gasteiger partial charge < -0.3 is 10.6 Å². The Labute approximate surface area is 150 Å². The molecule has 0 aliphatic rings. The summed E-state index contributed by atoms with van der Waals surface area (Å²) in [4.78, 5) is 12.9. The Hall–Kier alpha value is -3.09. The van der Waals surface area contributed by atoms with Gasteiger partial charge in [0.05, 0.1) is 11.4 Å². The van der Waals surface area contributed by atoms with Crippen molar-refractivity contribution in [2.24, 2.45) is 0 Å². The summed E-state index contributed by atoms with van der Waals surface area (Å²) in [6.45, 7) is 5.94. The molecule has 2 N–H and O–H groups in total. The molecule has 2 heterocycles. The number of benzene rings is 1. The number of rotatable bonds is 4. The number of nitrogens with zero attached hydrogens (tertiary/aromatic N) is 3. The Morgan fingerprint density at radius 1 is 0.962 bits per heavy atom. The van der Waals surface area contributed by atoms with Crippen LogP contribution in [0.4, 0.5) is 26.2 Å². The highest BCUT2D eigenvalue weighted by Crippen LogP contribution is 2.26. The summed E-state index contributed by atoms with van der Waals surface area (Å²) >= 11 is 0. The van der Waals surface area contributed by atoms with Crippen LogP contribution in [0, 0.1) is 11.6 Å². The molecule has 0 unspecified atom stereocenters.